The van der Waals surface area contributed by atoms with E-state index in [4.69, 9.17) is 4.74 Å². The molecule has 0 aromatic heterocycles. The Bertz CT molecular complexity index is 1250. The summed E-state index contributed by atoms with van der Waals surface area (Å²) in [4.78, 5) is 49.0. The van der Waals surface area contributed by atoms with Gasteiger partial charge in [-0.25, -0.2) is 14.4 Å². The molecule has 0 aromatic carbocycles. The Balaban J connectivity index is 0.000000165. The zero-order chi connectivity index (χ0) is 36.0. The molecule has 8 aliphatic rings. The SMILES string of the molecule is CC(C)(C)OC(=O)N1CCC(C)(N2CCC(N3C(=O)N[C@@H]4CCCC[C@H]43)CC2)C1.CC1(N2CCC(N3C(=O)N[C@@H]4CCCC[C@H]43)CC2)CCNC1. The van der Waals surface area contributed by atoms with Gasteiger partial charge >= 0.3 is 18.2 Å². The molecule has 0 aromatic rings. The van der Waals surface area contributed by atoms with Crippen LogP contribution in [0.15, 0.2) is 0 Å². The number of likely N-dealkylation sites (tertiary alicyclic amines) is 3. The number of carbonyl (C=O) groups is 3. The van der Waals surface area contributed by atoms with Crippen molar-refractivity contribution in [2.75, 3.05) is 52.4 Å². The number of hydrogen-bond donors (Lipinski definition) is 3. The Kier molecular flexibility index (Phi) is 10.8. The van der Waals surface area contributed by atoms with Crippen LogP contribution in [0.5, 0.6) is 0 Å². The van der Waals surface area contributed by atoms with Crippen molar-refractivity contribution < 1.29 is 19.1 Å². The van der Waals surface area contributed by atoms with Crippen molar-refractivity contribution >= 4 is 18.2 Å². The Hall–Kier alpha value is -2.31. The number of amides is 5. The fourth-order valence-electron chi connectivity index (χ4n) is 11.0. The monoisotopic (exact) mass is 713 g/mol. The summed E-state index contributed by atoms with van der Waals surface area (Å²) in [5.41, 5.74) is -0.115. The normalized spacial score (nSPS) is 37.1. The van der Waals surface area contributed by atoms with E-state index in [0.29, 0.717) is 41.8 Å². The van der Waals surface area contributed by atoms with Gasteiger partial charge in [0.15, 0.2) is 0 Å². The standard InChI is InChI=1S/C22H38N4O3.C17H30N4O/c1-21(2,3)29-20(28)24-14-11-22(4,15-24)25-12-9-16(10-13-25)26-18-8-6-5-7-17(18)23-19(26)27;1-17(8-9-18-12-17)20-10-6-13(7-11-20)21-15-5-3-2-4-14(15)19-16(21)22/h16-18H,5-15H2,1-4H3,(H,23,27);13-15,18H,2-12H2,1H3,(H,19,22)/t17-,18-,22?;14-,15-,17?/m11/s1. The highest BCUT2D eigenvalue weighted by atomic mass is 16.6. The average molecular weight is 713 g/mol. The largest absolute Gasteiger partial charge is 0.444 e. The Morgan fingerprint density at radius 2 is 1.18 bits per heavy atom. The Labute approximate surface area is 307 Å². The van der Waals surface area contributed by atoms with Crippen LogP contribution < -0.4 is 16.0 Å². The van der Waals surface area contributed by atoms with Gasteiger partial charge in [-0.05, 0) is 105 Å². The lowest BCUT2D eigenvalue weighted by atomic mass is 9.88. The van der Waals surface area contributed by atoms with Gasteiger partial charge < -0.3 is 35.4 Å². The van der Waals surface area contributed by atoms with Gasteiger partial charge in [0.25, 0.3) is 0 Å². The second-order valence-corrected chi connectivity index (χ2v) is 18.6. The molecular weight excluding hydrogens is 644 g/mol. The lowest BCUT2D eigenvalue weighted by molar-refractivity contribution is 0.0191. The zero-order valence-corrected chi connectivity index (χ0v) is 32.4. The number of fused-ring (bicyclic) bond motifs is 2. The van der Waals surface area contributed by atoms with Crippen LogP contribution >= 0.6 is 0 Å². The summed E-state index contributed by atoms with van der Waals surface area (Å²) in [6.07, 6.45) is 16.1. The van der Waals surface area contributed by atoms with Gasteiger partial charge in [-0.1, -0.05) is 25.7 Å². The first-order valence-corrected chi connectivity index (χ1v) is 20.7. The molecule has 8 fully saturated rings. The number of ether oxygens (including phenoxy) is 1. The topological polar surface area (TPSA) is 113 Å². The third-order valence-electron chi connectivity index (χ3n) is 14.0. The number of urea groups is 2. The van der Waals surface area contributed by atoms with Gasteiger partial charge in [-0.2, -0.15) is 0 Å². The van der Waals surface area contributed by atoms with Crippen LogP contribution in [0.4, 0.5) is 14.4 Å². The molecule has 0 spiro atoms. The first kappa shape index (κ1) is 37.0. The first-order chi connectivity index (χ1) is 24.3. The molecule has 5 amide bonds. The molecule has 6 aliphatic heterocycles. The summed E-state index contributed by atoms with van der Waals surface area (Å²) in [5, 5.41) is 9.97. The molecule has 8 rings (SSSR count). The molecule has 3 N–H and O–H groups in total. The third-order valence-corrected chi connectivity index (χ3v) is 14.0. The zero-order valence-electron chi connectivity index (χ0n) is 32.4. The van der Waals surface area contributed by atoms with Crippen molar-refractivity contribution in [3.8, 4) is 0 Å². The summed E-state index contributed by atoms with van der Waals surface area (Å²) >= 11 is 0. The minimum atomic E-state index is -0.457. The minimum Gasteiger partial charge on any atom is -0.444 e. The lowest BCUT2D eigenvalue weighted by Gasteiger charge is -2.45. The molecule has 6 saturated heterocycles. The van der Waals surface area contributed by atoms with Crippen LogP contribution in [-0.4, -0.2) is 148 Å². The number of carbonyl (C=O) groups excluding carboxylic acids is 3. The number of nitrogens with zero attached hydrogens (tertiary/aromatic N) is 5. The van der Waals surface area contributed by atoms with Gasteiger partial charge in [-0.15, -0.1) is 0 Å². The van der Waals surface area contributed by atoms with E-state index in [1.807, 2.05) is 25.7 Å². The molecule has 2 aliphatic carbocycles. The summed E-state index contributed by atoms with van der Waals surface area (Å²) in [5.74, 6) is 0. The van der Waals surface area contributed by atoms with Crippen LogP contribution in [0.3, 0.4) is 0 Å². The minimum absolute atomic E-state index is 0.00250. The molecule has 6 atom stereocenters. The van der Waals surface area contributed by atoms with Crippen LogP contribution in [0.25, 0.3) is 0 Å². The Morgan fingerprint density at radius 3 is 1.65 bits per heavy atom. The summed E-state index contributed by atoms with van der Waals surface area (Å²) < 4.78 is 5.57. The quantitative estimate of drug-likeness (QED) is 0.387. The Morgan fingerprint density at radius 1 is 0.686 bits per heavy atom. The predicted molar refractivity (Wildman–Crippen MR) is 199 cm³/mol. The second-order valence-electron chi connectivity index (χ2n) is 18.6. The van der Waals surface area contributed by atoms with E-state index in [0.717, 1.165) is 97.3 Å². The third kappa shape index (κ3) is 7.84. The highest BCUT2D eigenvalue weighted by molar-refractivity contribution is 5.78. The molecule has 2 unspecified atom stereocenters. The number of piperidine rings is 2. The van der Waals surface area contributed by atoms with Gasteiger partial charge in [0.1, 0.15) is 5.60 Å². The van der Waals surface area contributed by atoms with Gasteiger partial charge in [0.2, 0.25) is 0 Å². The molecule has 2 saturated carbocycles. The predicted octanol–water partition coefficient (Wildman–Crippen LogP) is 4.73. The van der Waals surface area contributed by atoms with Crippen molar-refractivity contribution in [2.45, 2.75) is 177 Å². The van der Waals surface area contributed by atoms with Crippen LogP contribution in [-0.2, 0) is 4.74 Å². The molecular formula is C39H68N8O4. The van der Waals surface area contributed by atoms with Crippen molar-refractivity contribution in [3.63, 3.8) is 0 Å². The summed E-state index contributed by atoms with van der Waals surface area (Å²) in [6, 6.07) is 2.85. The fraction of sp³-hybridized carbons (Fsp3) is 0.923. The smallest absolute Gasteiger partial charge is 0.410 e. The highest BCUT2D eigenvalue weighted by Crippen LogP contribution is 2.37. The molecule has 0 bridgehead atoms. The maximum Gasteiger partial charge on any atom is 0.410 e. The average Bonchev–Trinajstić information content (AvgIpc) is 3.88. The van der Waals surface area contributed by atoms with E-state index in [1.54, 1.807) is 0 Å². The van der Waals surface area contributed by atoms with E-state index in [9.17, 15) is 14.4 Å². The molecule has 288 valence electrons. The van der Waals surface area contributed by atoms with E-state index in [2.05, 4.69) is 49.4 Å². The molecule has 6 heterocycles. The summed E-state index contributed by atoms with van der Waals surface area (Å²) in [7, 11) is 0. The number of nitrogens with one attached hydrogen (secondary N) is 3. The lowest BCUT2D eigenvalue weighted by Crippen LogP contribution is -2.56. The first-order valence-electron chi connectivity index (χ1n) is 20.7. The van der Waals surface area contributed by atoms with Gasteiger partial charge in [0, 0.05) is 69.0 Å². The maximum atomic E-state index is 12.6. The van der Waals surface area contributed by atoms with E-state index >= 15 is 0 Å². The molecule has 12 nitrogen and oxygen atoms in total. The van der Waals surface area contributed by atoms with E-state index in [1.165, 1.54) is 44.9 Å². The van der Waals surface area contributed by atoms with E-state index < -0.39 is 5.60 Å². The maximum absolute atomic E-state index is 12.6. The van der Waals surface area contributed by atoms with Crippen LogP contribution in [0.2, 0.25) is 0 Å². The fourth-order valence-corrected chi connectivity index (χ4v) is 11.0. The van der Waals surface area contributed by atoms with Crippen molar-refractivity contribution in [2.24, 2.45) is 0 Å². The van der Waals surface area contributed by atoms with Gasteiger partial charge in [0.05, 0.1) is 24.2 Å². The van der Waals surface area contributed by atoms with Crippen molar-refractivity contribution in [3.05, 3.63) is 0 Å². The van der Waals surface area contributed by atoms with Gasteiger partial charge in [-0.3, -0.25) is 9.80 Å². The summed E-state index contributed by atoms with van der Waals surface area (Å²) in [6.45, 7) is 18.4. The number of hydrogen-bond acceptors (Lipinski definition) is 7. The van der Waals surface area contributed by atoms with Crippen molar-refractivity contribution in [1.29, 1.82) is 0 Å². The van der Waals surface area contributed by atoms with E-state index in [-0.39, 0.29) is 23.7 Å². The highest BCUT2D eigenvalue weighted by Gasteiger charge is 2.48. The number of rotatable bonds is 4. The molecule has 0 radical (unpaired) electrons. The molecule has 51 heavy (non-hydrogen) atoms. The van der Waals surface area contributed by atoms with Crippen LogP contribution in [0.1, 0.15) is 125 Å². The molecule has 12 heteroatoms. The van der Waals surface area contributed by atoms with Crippen molar-refractivity contribution in [1.82, 2.24) is 40.4 Å². The second kappa shape index (κ2) is 14.8. The van der Waals surface area contributed by atoms with Crippen LogP contribution in [0, 0.1) is 0 Å².